The Bertz CT molecular complexity index is 451. The fraction of sp³-hybridized carbons (Fsp3) is 0.571. The molecule has 0 amide bonds. The van der Waals surface area contributed by atoms with Crippen molar-refractivity contribution in [1.29, 1.82) is 0 Å². The van der Waals surface area contributed by atoms with E-state index in [0.717, 1.165) is 13.0 Å². The van der Waals surface area contributed by atoms with Gasteiger partial charge in [0.25, 0.3) is 0 Å². The number of nitrogens with one attached hydrogen (secondary N) is 1. The standard InChI is InChI=1S/C14H23NO2S/c1-4-15-14(6-5-11-18(3,16)17)13-9-7-12(2)8-10-13/h7-10,14-15H,4-6,11H2,1-3H3. The average molecular weight is 269 g/mol. The first-order valence-corrected chi connectivity index (χ1v) is 8.46. The number of hydrogen-bond acceptors (Lipinski definition) is 3. The van der Waals surface area contributed by atoms with Gasteiger partial charge >= 0.3 is 0 Å². The van der Waals surface area contributed by atoms with Gasteiger partial charge in [-0.2, -0.15) is 0 Å². The lowest BCUT2D eigenvalue weighted by Crippen LogP contribution is -2.21. The van der Waals surface area contributed by atoms with Crippen LogP contribution in [0.25, 0.3) is 0 Å². The normalized spacial score (nSPS) is 13.5. The van der Waals surface area contributed by atoms with Gasteiger partial charge in [0.15, 0.2) is 0 Å². The molecule has 3 nitrogen and oxygen atoms in total. The number of benzene rings is 1. The number of rotatable bonds is 7. The maximum absolute atomic E-state index is 11.1. The van der Waals surface area contributed by atoms with Gasteiger partial charge in [-0.1, -0.05) is 36.8 Å². The van der Waals surface area contributed by atoms with Crippen LogP contribution < -0.4 is 5.32 Å². The van der Waals surface area contributed by atoms with Gasteiger partial charge in [0.2, 0.25) is 0 Å². The Labute approximate surface area is 111 Å². The third-order valence-corrected chi connectivity index (χ3v) is 3.97. The summed E-state index contributed by atoms with van der Waals surface area (Å²) in [5.41, 5.74) is 2.47. The van der Waals surface area contributed by atoms with Gasteiger partial charge in [0.1, 0.15) is 9.84 Å². The van der Waals surface area contributed by atoms with Crippen molar-refractivity contribution in [2.45, 2.75) is 32.7 Å². The quantitative estimate of drug-likeness (QED) is 0.827. The molecular formula is C14H23NO2S. The second-order valence-electron chi connectivity index (χ2n) is 4.79. The fourth-order valence-corrected chi connectivity index (χ4v) is 2.67. The predicted molar refractivity (Wildman–Crippen MR) is 76.5 cm³/mol. The van der Waals surface area contributed by atoms with Gasteiger partial charge in [0, 0.05) is 18.1 Å². The maximum atomic E-state index is 11.1. The van der Waals surface area contributed by atoms with Gasteiger partial charge < -0.3 is 5.32 Å². The summed E-state index contributed by atoms with van der Waals surface area (Å²) in [5.74, 6) is 0.265. The van der Waals surface area contributed by atoms with Crippen molar-refractivity contribution in [3.05, 3.63) is 35.4 Å². The molecule has 4 heteroatoms. The summed E-state index contributed by atoms with van der Waals surface area (Å²) < 4.78 is 22.3. The first kappa shape index (κ1) is 15.2. The monoisotopic (exact) mass is 269 g/mol. The molecule has 1 aromatic carbocycles. The molecule has 1 N–H and O–H groups in total. The van der Waals surface area contributed by atoms with E-state index in [4.69, 9.17) is 0 Å². The molecule has 0 bridgehead atoms. The molecule has 0 saturated heterocycles. The van der Waals surface area contributed by atoms with Crippen molar-refractivity contribution >= 4 is 9.84 Å². The lowest BCUT2D eigenvalue weighted by molar-refractivity contribution is 0.507. The molecule has 1 atom stereocenters. The Morgan fingerprint density at radius 2 is 1.83 bits per heavy atom. The minimum Gasteiger partial charge on any atom is -0.310 e. The van der Waals surface area contributed by atoms with Crippen molar-refractivity contribution in [3.63, 3.8) is 0 Å². The van der Waals surface area contributed by atoms with Gasteiger partial charge in [-0.25, -0.2) is 8.42 Å². The molecule has 0 spiro atoms. The molecule has 1 rings (SSSR count). The predicted octanol–water partition coefficient (Wildman–Crippen LogP) is 2.47. The topological polar surface area (TPSA) is 46.2 Å². The highest BCUT2D eigenvalue weighted by Gasteiger charge is 2.11. The molecule has 0 aliphatic rings. The SMILES string of the molecule is CCNC(CCCS(C)(=O)=O)c1ccc(C)cc1. The Balaban J connectivity index is 2.62. The molecule has 0 aliphatic heterocycles. The van der Waals surface area contributed by atoms with Crippen LogP contribution >= 0.6 is 0 Å². The van der Waals surface area contributed by atoms with Crippen LogP contribution in [0.4, 0.5) is 0 Å². The van der Waals surface area contributed by atoms with Crippen molar-refractivity contribution in [2.24, 2.45) is 0 Å². The van der Waals surface area contributed by atoms with E-state index in [9.17, 15) is 8.42 Å². The highest BCUT2D eigenvalue weighted by Crippen LogP contribution is 2.19. The Kier molecular flexibility index (Phi) is 5.82. The van der Waals surface area contributed by atoms with Gasteiger partial charge in [-0.3, -0.25) is 0 Å². The van der Waals surface area contributed by atoms with Crippen molar-refractivity contribution in [3.8, 4) is 0 Å². The molecule has 1 aromatic rings. The molecular weight excluding hydrogens is 246 g/mol. The lowest BCUT2D eigenvalue weighted by Gasteiger charge is -2.18. The number of hydrogen-bond donors (Lipinski definition) is 1. The van der Waals surface area contributed by atoms with Crippen LogP contribution in [0.2, 0.25) is 0 Å². The van der Waals surface area contributed by atoms with Crippen LogP contribution in [-0.4, -0.2) is 27.0 Å². The summed E-state index contributed by atoms with van der Waals surface area (Å²) in [4.78, 5) is 0. The zero-order valence-electron chi connectivity index (χ0n) is 11.4. The van der Waals surface area contributed by atoms with Gasteiger partial charge in [-0.15, -0.1) is 0 Å². The third kappa shape index (κ3) is 5.65. The zero-order valence-corrected chi connectivity index (χ0v) is 12.3. The molecule has 0 fully saturated rings. The average Bonchev–Trinajstić information content (AvgIpc) is 2.27. The molecule has 0 aromatic heterocycles. The van der Waals surface area contributed by atoms with Crippen molar-refractivity contribution < 1.29 is 8.42 Å². The molecule has 0 radical (unpaired) electrons. The van der Waals surface area contributed by atoms with Crippen LogP contribution in [-0.2, 0) is 9.84 Å². The Morgan fingerprint density at radius 1 is 1.22 bits per heavy atom. The van der Waals surface area contributed by atoms with Crippen molar-refractivity contribution in [1.82, 2.24) is 5.32 Å². The van der Waals surface area contributed by atoms with Crippen LogP contribution in [0.15, 0.2) is 24.3 Å². The second kappa shape index (κ2) is 6.90. The van der Waals surface area contributed by atoms with E-state index in [1.165, 1.54) is 17.4 Å². The van der Waals surface area contributed by atoms with Crippen LogP contribution in [0.1, 0.15) is 36.9 Å². The van der Waals surface area contributed by atoms with E-state index in [1.807, 2.05) is 0 Å². The molecule has 0 heterocycles. The van der Waals surface area contributed by atoms with Crippen molar-refractivity contribution in [2.75, 3.05) is 18.6 Å². The summed E-state index contributed by atoms with van der Waals surface area (Å²) in [6.45, 7) is 5.02. The van der Waals surface area contributed by atoms with E-state index >= 15 is 0 Å². The fourth-order valence-electron chi connectivity index (χ4n) is 1.98. The lowest BCUT2D eigenvalue weighted by atomic mass is 10.0. The van der Waals surface area contributed by atoms with Crippen LogP contribution in [0, 0.1) is 6.92 Å². The van der Waals surface area contributed by atoms with E-state index < -0.39 is 9.84 Å². The highest BCUT2D eigenvalue weighted by atomic mass is 32.2. The van der Waals surface area contributed by atoms with Crippen LogP contribution in [0.3, 0.4) is 0 Å². The first-order valence-electron chi connectivity index (χ1n) is 6.40. The molecule has 0 saturated carbocycles. The summed E-state index contributed by atoms with van der Waals surface area (Å²) >= 11 is 0. The summed E-state index contributed by atoms with van der Waals surface area (Å²) in [6, 6.07) is 8.66. The van der Waals surface area contributed by atoms with E-state index in [0.29, 0.717) is 6.42 Å². The van der Waals surface area contributed by atoms with Crippen LogP contribution in [0.5, 0.6) is 0 Å². The van der Waals surface area contributed by atoms with Gasteiger partial charge in [0.05, 0.1) is 0 Å². The van der Waals surface area contributed by atoms with E-state index in [-0.39, 0.29) is 11.8 Å². The third-order valence-electron chi connectivity index (χ3n) is 2.94. The zero-order chi connectivity index (χ0) is 13.6. The number of aryl methyl sites for hydroxylation is 1. The summed E-state index contributed by atoms with van der Waals surface area (Å²) in [5, 5.41) is 3.41. The molecule has 1 unspecified atom stereocenters. The van der Waals surface area contributed by atoms with Gasteiger partial charge in [-0.05, 0) is 31.9 Å². The summed E-state index contributed by atoms with van der Waals surface area (Å²) in [7, 11) is -2.85. The highest BCUT2D eigenvalue weighted by molar-refractivity contribution is 7.90. The van der Waals surface area contributed by atoms with E-state index in [1.54, 1.807) is 0 Å². The smallest absolute Gasteiger partial charge is 0.147 e. The Hall–Kier alpha value is -0.870. The molecule has 18 heavy (non-hydrogen) atoms. The van der Waals surface area contributed by atoms with E-state index in [2.05, 4.69) is 43.4 Å². The molecule has 0 aliphatic carbocycles. The largest absolute Gasteiger partial charge is 0.310 e. The first-order chi connectivity index (χ1) is 8.42. The maximum Gasteiger partial charge on any atom is 0.147 e. The minimum absolute atomic E-state index is 0.248. The molecule has 102 valence electrons. The minimum atomic E-state index is -2.85. The Morgan fingerprint density at radius 3 is 2.33 bits per heavy atom. The number of sulfone groups is 1. The second-order valence-corrected chi connectivity index (χ2v) is 7.05. The summed E-state index contributed by atoms with van der Waals surface area (Å²) in [6.07, 6.45) is 2.84.